The maximum absolute atomic E-state index is 13.3. The smallest absolute Gasteiger partial charge is 0.125 e. The first-order valence-electron chi connectivity index (χ1n) is 6.68. The molecule has 0 saturated carbocycles. The highest BCUT2D eigenvalue weighted by molar-refractivity contribution is 5.47. The molecule has 1 aromatic carbocycles. The number of hydrogen-bond acceptors (Lipinski definition) is 2. The number of halogens is 1. The summed E-state index contributed by atoms with van der Waals surface area (Å²) >= 11 is 0. The molecular weight excluding hydrogens is 227 g/mol. The Morgan fingerprint density at radius 3 is 2.83 bits per heavy atom. The SMILES string of the molecule is CNCC1CCN(c2cccc(F)c2)CC1(C)C. The van der Waals surface area contributed by atoms with Gasteiger partial charge in [-0.3, -0.25) is 0 Å². The van der Waals surface area contributed by atoms with Gasteiger partial charge in [-0.15, -0.1) is 0 Å². The van der Waals surface area contributed by atoms with Crippen LogP contribution in [0.5, 0.6) is 0 Å². The summed E-state index contributed by atoms with van der Waals surface area (Å²) in [6, 6.07) is 6.92. The molecule has 0 aromatic heterocycles. The van der Waals surface area contributed by atoms with Gasteiger partial charge in [0.25, 0.3) is 0 Å². The summed E-state index contributed by atoms with van der Waals surface area (Å²) in [4.78, 5) is 2.30. The summed E-state index contributed by atoms with van der Waals surface area (Å²) in [5.74, 6) is 0.537. The van der Waals surface area contributed by atoms with Crippen molar-refractivity contribution in [1.82, 2.24) is 5.32 Å². The Kier molecular flexibility index (Phi) is 3.91. The average molecular weight is 250 g/mol. The van der Waals surface area contributed by atoms with Crippen LogP contribution >= 0.6 is 0 Å². The molecule has 18 heavy (non-hydrogen) atoms. The van der Waals surface area contributed by atoms with E-state index in [4.69, 9.17) is 0 Å². The third-order valence-corrected chi connectivity index (χ3v) is 4.07. The number of nitrogens with one attached hydrogen (secondary N) is 1. The van der Waals surface area contributed by atoms with Crippen molar-refractivity contribution < 1.29 is 4.39 Å². The van der Waals surface area contributed by atoms with Crippen LogP contribution in [0.15, 0.2) is 24.3 Å². The van der Waals surface area contributed by atoms with Gasteiger partial charge in [0.1, 0.15) is 5.82 Å². The summed E-state index contributed by atoms with van der Waals surface area (Å²) in [6.07, 6.45) is 1.16. The summed E-state index contributed by atoms with van der Waals surface area (Å²) in [6.45, 7) is 7.67. The number of nitrogens with zero attached hydrogens (tertiary/aromatic N) is 1. The molecule has 0 spiro atoms. The van der Waals surface area contributed by atoms with Gasteiger partial charge in [0, 0.05) is 18.8 Å². The fourth-order valence-electron chi connectivity index (χ4n) is 2.92. The van der Waals surface area contributed by atoms with Crippen LogP contribution in [0.4, 0.5) is 10.1 Å². The first kappa shape index (κ1) is 13.3. The number of rotatable bonds is 3. The number of benzene rings is 1. The zero-order chi connectivity index (χ0) is 13.2. The molecule has 100 valence electrons. The standard InChI is InChI=1S/C15H23FN2/c1-15(2)11-18(8-7-12(15)10-17-3)14-6-4-5-13(16)9-14/h4-6,9,12,17H,7-8,10-11H2,1-3H3. The van der Waals surface area contributed by atoms with Crippen molar-refractivity contribution in [1.29, 1.82) is 0 Å². The van der Waals surface area contributed by atoms with E-state index in [0.717, 1.165) is 31.7 Å². The van der Waals surface area contributed by atoms with Crippen molar-refractivity contribution in [3.63, 3.8) is 0 Å². The van der Waals surface area contributed by atoms with Crippen LogP contribution in [0.3, 0.4) is 0 Å². The highest BCUT2D eigenvalue weighted by Crippen LogP contribution is 2.36. The number of hydrogen-bond donors (Lipinski definition) is 1. The highest BCUT2D eigenvalue weighted by atomic mass is 19.1. The molecule has 0 aliphatic carbocycles. The molecule has 1 fully saturated rings. The molecule has 1 aliphatic heterocycles. The fourth-order valence-corrected chi connectivity index (χ4v) is 2.92. The largest absolute Gasteiger partial charge is 0.371 e. The predicted molar refractivity (Wildman–Crippen MR) is 74.4 cm³/mol. The van der Waals surface area contributed by atoms with Crippen molar-refractivity contribution in [2.24, 2.45) is 11.3 Å². The Bertz CT molecular complexity index is 403. The van der Waals surface area contributed by atoms with Crippen LogP contribution < -0.4 is 10.2 Å². The molecule has 0 amide bonds. The molecule has 1 unspecified atom stereocenters. The molecule has 2 rings (SSSR count). The Morgan fingerprint density at radius 2 is 2.22 bits per heavy atom. The maximum Gasteiger partial charge on any atom is 0.125 e. The van der Waals surface area contributed by atoms with Crippen LogP contribution in [0.1, 0.15) is 20.3 Å². The van der Waals surface area contributed by atoms with E-state index in [0.29, 0.717) is 5.92 Å². The molecule has 1 aromatic rings. The lowest BCUT2D eigenvalue weighted by Crippen LogP contribution is -2.48. The molecule has 3 heteroatoms. The topological polar surface area (TPSA) is 15.3 Å². The molecule has 0 bridgehead atoms. The second-order valence-electron chi connectivity index (χ2n) is 5.93. The maximum atomic E-state index is 13.3. The van der Waals surface area contributed by atoms with E-state index in [-0.39, 0.29) is 11.2 Å². The second kappa shape index (κ2) is 5.27. The van der Waals surface area contributed by atoms with Gasteiger partial charge in [0.15, 0.2) is 0 Å². The lowest BCUT2D eigenvalue weighted by Gasteiger charge is -2.45. The van der Waals surface area contributed by atoms with Gasteiger partial charge in [-0.05, 0) is 49.5 Å². The van der Waals surface area contributed by atoms with E-state index in [2.05, 4.69) is 24.1 Å². The van der Waals surface area contributed by atoms with Gasteiger partial charge in [0.05, 0.1) is 0 Å². The van der Waals surface area contributed by atoms with Crippen LogP contribution in [0.2, 0.25) is 0 Å². The van der Waals surface area contributed by atoms with Crippen molar-refractivity contribution in [3.8, 4) is 0 Å². The Labute approximate surface area is 109 Å². The van der Waals surface area contributed by atoms with E-state index < -0.39 is 0 Å². The van der Waals surface area contributed by atoms with E-state index in [9.17, 15) is 4.39 Å². The third-order valence-electron chi connectivity index (χ3n) is 4.07. The molecule has 1 heterocycles. The molecule has 1 saturated heterocycles. The lowest BCUT2D eigenvalue weighted by atomic mass is 9.73. The predicted octanol–water partition coefficient (Wildman–Crippen LogP) is 2.90. The molecular formula is C15H23FN2. The van der Waals surface area contributed by atoms with E-state index >= 15 is 0 Å². The molecule has 1 N–H and O–H groups in total. The van der Waals surface area contributed by atoms with Crippen LogP contribution in [0.25, 0.3) is 0 Å². The van der Waals surface area contributed by atoms with Crippen LogP contribution in [-0.2, 0) is 0 Å². The quantitative estimate of drug-likeness (QED) is 0.887. The minimum Gasteiger partial charge on any atom is -0.371 e. The molecule has 1 aliphatic rings. The summed E-state index contributed by atoms with van der Waals surface area (Å²) in [7, 11) is 2.01. The molecule has 2 nitrogen and oxygen atoms in total. The Morgan fingerprint density at radius 1 is 1.44 bits per heavy atom. The second-order valence-corrected chi connectivity index (χ2v) is 5.93. The van der Waals surface area contributed by atoms with Gasteiger partial charge in [-0.25, -0.2) is 4.39 Å². The van der Waals surface area contributed by atoms with Gasteiger partial charge in [-0.2, -0.15) is 0 Å². The number of anilines is 1. The minimum absolute atomic E-state index is 0.150. The third kappa shape index (κ3) is 2.83. The van der Waals surface area contributed by atoms with Gasteiger partial charge in [-0.1, -0.05) is 19.9 Å². The first-order chi connectivity index (χ1) is 8.53. The van der Waals surface area contributed by atoms with Crippen molar-refractivity contribution in [2.45, 2.75) is 20.3 Å². The van der Waals surface area contributed by atoms with E-state index in [1.807, 2.05) is 13.1 Å². The normalized spacial score (nSPS) is 23.1. The number of piperidine rings is 1. The summed E-state index contributed by atoms with van der Waals surface area (Å²) in [5.41, 5.74) is 1.26. The minimum atomic E-state index is -0.150. The molecule has 0 radical (unpaired) electrons. The Balaban J connectivity index is 2.11. The van der Waals surface area contributed by atoms with Gasteiger partial charge in [0.2, 0.25) is 0 Å². The summed E-state index contributed by atoms with van der Waals surface area (Å²) in [5, 5.41) is 3.28. The van der Waals surface area contributed by atoms with Crippen molar-refractivity contribution in [3.05, 3.63) is 30.1 Å². The summed E-state index contributed by atoms with van der Waals surface area (Å²) < 4.78 is 13.3. The van der Waals surface area contributed by atoms with E-state index in [1.165, 1.54) is 6.07 Å². The highest BCUT2D eigenvalue weighted by Gasteiger charge is 2.35. The lowest BCUT2D eigenvalue weighted by molar-refractivity contribution is 0.174. The van der Waals surface area contributed by atoms with Gasteiger partial charge < -0.3 is 10.2 Å². The van der Waals surface area contributed by atoms with Gasteiger partial charge >= 0.3 is 0 Å². The van der Waals surface area contributed by atoms with Crippen LogP contribution in [0, 0.1) is 17.2 Å². The Hall–Kier alpha value is -1.09. The monoisotopic (exact) mass is 250 g/mol. The zero-order valence-electron chi connectivity index (χ0n) is 11.5. The average Bonchev–Trinajstić information content (AvgIpc) is 2.31. The molecule has 1 atom stereocenters. The van der Waals surface area contributed by atoms with Crippen molar-refractivity contribution >= 4 is 5.69 Å². The van der Waals surface area contributed by atoms with E-state index in [1.54, 1.807) is 12.1 Å². The fraction of sp³-hybridized carbons (Fsp3) is 0.600. The van der Waals surface area contributed by atoms with Crippen molar-refractivity contribution in [2.75, 3.05) is 31.6 Å². The first-order valence-corrected chi connectivity index (χ1v) is 6.68. The zero-order valence-corrected chi connectivity index (χ0v) is 11.5. The van der Waals surface area contributed by atoms with Crippen LogP contribution in [-0.4, -0.2) is 26.7 Å².